The molecule has 0 unspecified atom stereocenters. The molecule has 0 aliphatic heterocycles. The highest BCUT2D eigenvalue weighted by molar-refractivity contribution is 6.15. The number of hydrogen-bond acceptors (Lipinski definition) is 2. The van der Waals surface area contributed by atoms with Crippen molar-refractivity contribution in [1.29, 1.82) is 0 Å². The van der Waals surface area contributed by atoms with Crippen LogP contribution in [0.1, 0.15) is 25.0 Å². The molecule has 3 heteroatoms. The van der Waals surface area contributed by atoms with Crippen LogP contribution < -0.4 is 4.90 Å². The number of furan rings is 1. The van der Waals surface area contributed by atoms with E-state index >= 15 is 0 Å². The maximum atomic E-state index is 6.73. The third-order valence-electron chi connectivity index (χ3n) is 14.0. The number of anilines is 3. The Hall–Kier alpha value is -8.40. The molecule has 10 aromatic carbocycles. The lowest BCUT2D eigenvalue weighted by Gasteiger charge is -2.29. The van der Waals surface area contributed by atoms with E-state index in [2.05, 4.69) is 254 Å². The smallest absolute Gasteiger partial charge is 0.137 e. The van der Waals surface area contributed by atoms with Crippen LogP contribution in [0.25, 0.3) is 93.9 Å². The van der Waals surface area contributed by atoms with Crippen LogP contribution in [0.15, 0.2) is 235 Å². The van der Waals surface area contributed by atoms with E-state index in [1.807, 2.05) is 0 Å². The topological polar surface area (TPSA) is 21.3 Å². The first-order valence-electron chi connectivity index (χ1n) is 22.8. The molecule has 0 N–H and O–H groups in total. The van der Waals surface area contributed by atoms with Crippen molar-refractivity contribution < 1.29 is 4.42 Å². The van der Waals surface area contributed by atoms with Crippen molar-refractivity contribution in [3.8, 4) is 50.2 Å². The summed E-state index contributed by atoms with van der Waals surface area (Å²) in [5.74, 6) is 0. The Labute approximate surface area is 384 Å². The highest BCUT2D eigenvalue weighted by atomic mass is 16.3. The van der Waals surface area contributed by atoms with Crippen LogP contribution in [0.2, 0.25) is 0 Å². The lowest BCUT2D eigenvalue weighted by atomic mass is 9.81. The van der Waals surface area contributed by atoms with Crippen LogP contribution in [0.5, 0.6) is 0 Å². The number of nitrogens with zero attached hydrogens (tertiary/aromatic N) is 2. The van der Waals surface area contributed by atoms with Crippen LogP contribution in [0.3, 0.4) is 0 Å². The van der Waals surface area contributed by atoms with Gasteiger partial charge in [0.2, 0.25) is 0 Å². The second kappa shape index (κ2) is 14.8. The molecule has 0 amide bonds. The van der Waals surface area contributed by atoms with Crippen LogP contribution in [-0.4, -0.2) is 4.57 Å². The maximum Gasteiger partial charge on any atom is 0.137 e. The Balaban J connectivity index is 0.974. The van der Waals surface area contributed by atoms with E-state index in [4.69, 9.17) is 4.42 Å². The Bertz CT molecular complexity index is 3820. The zero-order valence-electron chi connectivity index (χ0n) is 36.7. The van der Waals surface area contributed by atoms with Gasteiger partial charge in [0.1, 0.15) is 11.2 Å². The van der Waals surface area contributed by atoms with Gasteiger partial charge in [0.15, 0.2) is 0 Å². The first-order chi connectivity index (χ1) is 32.5. The second-order valence-electron chi connectivity index (χ2n) is 18.1. The monoisotopic (exact) mass is 844 g/mol. The van der Waals surface area contributed by atoms with Crippen molar-refractivity contribution in [3.05, 3.63) is 242 Å². The van der Waals surface area contributed by atoms with E-state index < -0.39 is 0 Å². The number of para-hydroxylation sites is 2. The fourth-order valence-electron chi connectivity index (χ4n) is 10.7. The largest absolute Gasteiger partial charge is 0.456 e. The summed E-state index contributed by atoms with van der Waals surface area (Å²) in [6, 6.07) is 83.8. The molecule has 2 aromatic heterocycles. The zero-order valence-corrected chi connectivity index (χ0v) is 36.7. The standard InChI is InChI=1S/C63H44N2O/c1-63(2)55-39-46(42-17-8-4-9-18-42)27-33-50(55)51-34-32-49(40-56(51)63)64(48-30-25-43(26-31-48)41-15-6-3-7-16-41)59-23-14-24-61-62(59)54-38-45(29-36-60(54)66-61)44-28-35-58-53(37-44)52-21-12-13-22-57(52)65(58)47-19-10-5-11-20-47/h3-40H,1-2H3. The van der Waals surface area contributed by atoms with Crippen molar-refractivity contribution in [2.75, 3.05) is 4.90 Å². The number of rotatable bonds is 7. The van der Waals surface area contributed by atoms with Crippen molar-refractivity contribution in [3.63, 3.8) is 0 Å². The summed E-state index contributed by atoms with van der Waals surface area (Å²) in [4.78, 5) is 2.43. The summed E-state index contributed by atoms with van der Waals surface area (Å²) in [6.07, 6.45) is 0. The minimum absolute atomic E-state index is 0.216. The first-order valence-corrected chi connectivity index (χ1v) is 22.8. The fraction of sp³-hybridized carbons (Fsp3) is 0.0476. The van der Waals surface area contributed by atoms with Gasteiger partial charge in [0.05, 0.1) is 22.1 Å². The summed E-state index contributed by atoms with van der Waals surface area (Å²) in [6.45, 7) is 4.75. The van der Waals surface area contributed by atoms with Gasteiger partial charge in [0, 0.05) is 38.6 Å². The van der Waals surface area contributed by atoms with Gasteiger partial charge in [-0.2, -0.15) is 0 Å². The third kappa shape index (κ3) is 5.97. The highest BCUT2D eigenvalue weighted by Crippen LogP contribution is 2.52. The van der Waals surface area contributed by atoms with E-state index in [1.54, 1.807) is 0 Å². The quantitative estimate of drug-likeness (QED) is 0.159. The van der Waals surface area contributed by atoms with Gasteiger partial charge in [-0.05, 0) is 141 Å². The fourth-order valence-corrected chi connectivity index (χ4v) is 10.7. The number of fused-ring (bicyclic) bond motifs is 9. The van der Waals surface area contributed by atoms with Crippen molar-refractivity contribution >= 4 is 60.8 Å². The van der Waals surface area contributed by atoms with Crippen molar-refractivity contribution in [2.24, 2.45) is 0 Å². The molecule has 312 valence electrons. The molecule has 0 radical (unpaired) electrons. The molecule has 0 bridgehead atoms. The lowest BCUT2D eigenvalue weighted by Crippen LogP contribution is -2.16. The molecule has 1 aliphatic carbocycles. The summed E-state index contributed by atoms with van der Waals surface area (Å²) in [7, 11) is 0. The average molecular weight is 845 g/mol. The molecule has 12 aromatic rings. The van der Waals surface area contributed by atoms with E-state index in [0.29, 0.717) is 0 Å². The van der Waals surface area contributed by atoms with Crippen LogP contribution in [0, 0.1) is 0 Å². The molecular weight excluding hydrogens is 801 g/mol. The first kappa shape index (κ1) is 38.1. The number of aromatic nitrogens is 1. The number of hydrogen-bond donors (Lipinski definition) is 0. The van der Waals surface area contributed by atoms with Crippen LogP contribution in [-0.2, 0) is 5.41 Å². The van der Waals surface area contributed by atoms with Gasteiger partial charge in [-0.3, -0.25) is 0 Å². The molecule has 3 nitrogen and oxygen atoms in total. The van der Waals surface area contributed by atoms with Gasteiger partial charge in [-0.25, -0.2) is 0 Å². The second-order valence-corrected chi connectivity index (χ2v) is 18.1. The van der Waals surface area contributed by atoms with E-state index in [-0.39, 0.29) is 5.41 Å². The molecule has 13 rings (SSSR count). The molecule has 66 heavy (non-hydrogen) atoms. The highest BCUT2D eigenvalue weighted by Gasteiger charge is 2.36. The lowest BCUT2D eigenvalue weighted by molar-refractivity contribution is 0.660. The van der Waals surface area contributed by atoms with Crippen LogP contribution in [0.4, 0.5) is 17.1 Å². The Morgan fingerprint density at radius 1 is 0.379 bits per heavy atom. The molecular formula is C63H44N2O. The third-order valence-corrected chi connectivity index (χ3v) is 14.0. The molecule has 0 fully saturated rings. The Morgan fingerprint density at radius 2 is 0.924 bits per heavy atom. The number of benzene rings is 10. The Morgan fingerprint density at radius 3 is 1.68 bits per heavy atom. The van der Waals surface area contributed by atoms with E-state index in [0.717, 1.165) is 55.8 Å². The van der Waals surface area contributed by atoms with Gasteiger partial charge >= 0.3 is 0 Å². The summed E-state index contributed by atoms with van der Waals surface area (Å²) in [5.41, 5.74) is 20.7. The van der Waals surface area contributed by atoms with Crippen molar-refractivity contribution in [1.82, 2.24) is 4.57 Å². The molecule has 0 saturated heterocycles. The molecule has 1 aliphatic rings. The summed E-state index contributed by atoms with van der Waals surface area (Å²) >= 11 is 0. The minimum atomic E-state index is -0.216. The maximum absolute atomic E-state index is 6.73. The predicted octanol–water partition coefficient (Wildman–Crippen LogP) is 17.5. The molecule has 2 heterocycles. The zero-order chi connectivity index (χ0) is 43.9. The molecule has 0 spiro atoms. The van der Waals surface area contributed by atoms with Crippen LogP contribution >= 0.6 is 0 Å². The predicted molar refractivity (Wildman–Crippen MR) is 277 cm³/mol. The summed E-state index contributed by atoms with van der Waals surface area (Å²) in [5, 5.41) is 4.63. The van der Waals surface area contributed by atoms with Gasteiger partial charge < -0.3 is 13.9 Å². The normalized spacial score (nSPS) is 12.8. The molecule has 0 atom stereocenters. The van der Waals surface area contributed by atoms with Gasteiger partial charge in [0.25, 0.3) is 0 Å². The SMILES string of the molecule is CC1(C)c2cc(-c3ccccc3)ccc2-c2ccc(N(c3ccc(-c4ccccc4)cc3)c3cccc4oc5ccc(-c6ccc7c(c6)c6ccccc6n7-c6ccccc6)cc5c34)cc21. The molecule has 0 saturated carbocycles. The van der Waals surface area contributed by atoms with E-state index in [1.165, 1.54) is 66.3 Å². The minimum Gasteiger partial charge on any atom is -0.456 e. The van der Waals surface area contributed by atoms with Gasteiger partial charge in [-0.1, -0.05) is 159 Å². The van der Waals surface area contributed by atoms with E-state index in [9.17, 15) is 0 Å². The van der Waals surface area contributed by atoms with Crippen molar-refractivity contribution in [2.45, 2.75) is 19.3 Å². The Kier molecular flexibility index (Phi) is 8.56. The van der Waals surface area contributed by atoms with Gasteiger partial charge in [-0.15, -0.1) is 0 Å². The summed E-state index contributed by atoms with van der Waals surface area (Å²) < 4.78 is 9.10. The average Bonchev–Trinajstić information content (AvgIpc) is 4.00.